The summed E-state index contributed by atoms with van der Waals surface area (Å²) in [6, 6.07) is 10.7. The van der Waals surface area contributed by atoms with Gasteiger partial charge in [-0.05, 0) is 48.5 Å². The predicted octanol–water partition coefficient (Wildman–Crippen LogP) is 3.42. The van der Waals surface area contributed by atoms with Gasteiger partial charge in [0.1, 0.15) is 0 Å². The highest BCUT2D eigenvalue weighted by molar-refractivity contribution is 7.99. The second-order valence-corrected chi connectivity index (χ2v) is 5.90. The minimum Gasteiger partial charge on any atom is -0.330 e. The first-order valence-electron chi connectivity index (χ1n) is 5.72. The van der Waals surface area contributed by atoms with Gasteiger partial charge in [-0.1, -0.05) is 19.1 Å². The van der Waals surface area contributed by atoms with E-state index in [4.69, 9.17) is 5.73 Å². The lowest BCUT2D eigenvalue weighted by Crippen LogP contribution is -2.00. The Balaban J connectivity index is 2.15. The number of hydrogen-bond acceptors (Lipinski definition) is 4. The van der Waals surface area contributed by atoms with Crippen LogP contribution >= 0.6 is 23.3 Å². The molecule has 0 saturated heterocycles. The first-order valence-corrected chi connectivity index (χ1v) is 7.48. The van der Waals surface area contributed by atoms with Crippen LogP contribution in [0.4, 0.5) is 0 Å². The van der Waals surface area contributed by atoms with E-state index in [0.717, 1.165) is 17.9 Å². The zero-order valence-corrected chi connectivity index (χ0v) is 11.5. The van der Waals surface area contributed by atoms with E-state index in [2.05, 4.69) is 41.6 Å². The van der Waals surface area contributed by atoms with Crippen molar-refractivity contribution >= 4 is 23.3 Å². The van der Waals surface area contributed by atoms with Crippen molar-refractivity contribution in [1.29, 1.82) is 0 Å². The van der Waals surface area contributed by atoms with E-state index in [1.54, 1.807) is 11.5 Å². The van der Waals surface area contributed by atoms with Crippen LogP contribution in [0.15, 0.2) is 35.2 Å². The average Bonchev–Trinajstić information content (AvgIpc) is 2.80. The van der Waals surface area contributed by atoms with Crippen LogP contribution in [0.3, 0.4) is 0 Å². The Bertz CT molecular complexity index is 463. The Labute approximate surface area is 110 Å². The summed E-state index contributed by atoms with van der Waals surface area (Å²) in [5.74, 6) is 1.11. The molecule has 0 unspecified atom stereocenters. The normalized spacial score (nSPS) is 10.7. The van der Waals surface area contributed by atoms with Gasteiger partial charge in [0.15, 0.2) is 0 Å². The lowest BCUT2D eigenvalue weighted by molar-refractivity contribution is 0.989. The Morgan fingerprint density at radius 1 is 1.29 bits per heavy atom. The monoisotopic (exact) mass is 264 g/mol. The largest absolute Gasteiger partial charge is 0.330 e. The number of benzene rings is 1. The molecule has 90 valence electrons. The Morgan fingerprint density at radius 2 is 2.06 bits per heavy atom. The number of rotatable bonds is 5. The molecule has 4 heteroatoms. The summed E-state index contributed by atoms with van der Waals surface area (Å²) in [6.45, 7) is 2.85. The van der Waals surface area contributed by atoms with Crippen LogP contribution in [-0.2, 0) is 6.42 Å². The van der Waals surface area contributed by atoms with Gasteiger partial charge >= 0.3 is 0 Å². The average molecular weight is 264 g/mol. The second kappa shape index (κ2) is 6.19. The maximum atomic E-state index is 5.54. The molecule has 1 aromatic carbocycles. The molecule has 2 aromatic rings. The maximum absolute atomic E-state index is 5.54. The summed E-state index contributed by atoms with van der Waals surface area (Å²) in [5, 5.41) is 0. The minimum atomic E-state index is 0.688. The van der Waals surface area contributed by atoms with Gasteiger partial charge in [-0.25, -0.2) is 0 Å². The van der Waals surface area contributed by atoms with Gasteiger partial charge in [0, 0.05) is 15.3 Å². The van der Waals surface area contributed by atoms with E-state index in [9.17, 15) is 0 Å². The van der Waals surface area contributed by atoms with Crippen LogP contribution in [0.25, 0.3) is 11.3 Å². The van der Waals surface area contributed by atoms with Crippen LogP contribution in [0, 0.1) is 0 Å². The summed E-state index contributed by atoms with van der Waals surface area (Å²) in [7, 11) is 0. The van der Waals surface area contributed by atoms with Crippen molar-refractivity contribution in [1.82, 2.24) is 4.37 Å². The molecule has 2 nitrogen and oxygen atoms in total. The molecule has 2 N–H and O–H groups in total. The Hall–Kier alpha value is -0.840. The van der Waals surface area contributed by atoms with Crippen molar-refractivity contribution in [3.8, 4) is 11.3 Å². The molecule has 0 amide bonds. The highest BCUT2D eigenvalue weighted by Gasteiger charge is 2.04. The third-order valence-electron chi connectivity index (χ3n) is 2.41. The number of aromatic nitrogens is 1. The number of thioether (sulfide) groups is 1. The summed E-state index contributed by atoms with van der Waals surface area (Å²) in [4.78, 5) is 2.57. The van der Waals surface area contributed by atoms with Gasteiger partial charge in [0.2, 0.25) is 0 Å². The van der Waals surface area contributed by atoms with E-state index in [-0.39, 0.29) is 0 Å². The van der Waals surface area contributed by atoms with E-state index in [1.165, 1.54) is 15.3 Å². The molecule has 0 aliphatic rings. The van der Waals surface area contributed by atoms with Gasteiger partial charge in [0.25, 0.3) is 0 Å². The van der Waals surface area contributed by atoms with Crippen molar-refractivity contribution < 1.29 is 0 Å². The van der Waals surface area contributed by atoms with Crippen molar-refractivity contribution in [3.05, 3.63) is 35.2 Å². The van der Waals surface area contributed by atoms with Crippen LogP contribution in [0.2, 0.25) is 0 Å². The summed E-state index contributed by atoms with van der Waals surface area (Å²) in [6.07, 6.45) is 0.918. The highest BCUT2D eigenvalue weighted by atomic mass is 32.2. The molecule has 0 atom stereocenters. The third-order valence-corrected chi connectivity index (χ3v) is 4.15. The molecular weight excluding hydrogens is 248 g/mol. The summed E-state index contributed by atoms with van der Waals surface area (Å²) >= 11 is 3.41. The van der Waals surface area contributed by atoms with Crippen molar-refractivity contribution in [3.63, 3.8) is 0 Å². The fourth-order valence-electron chi connectivity index (χ4n) is 1.60. The van der Waals surface area contributed by atoms with E-state index in [0.29, 0.717) is 6.54 Å². The lowest BCUT2D eigenvalue weighted by atomic mass is 10.1. The lowest BCUT2D eigenvalue weighted by Gasteiger charge is -2.00. The molecule has 0 aliphatic heterocycles. The highest BCUT2D eigenvalue weighted by Crippen LogP contribution is 2.25. The third kappa shape index (κ3) is 3.31. The molecule has 0 bridgehead atoms. The fourth-order valence-corrected chi connectivity index (χ4v) is 3.01. The van der Waals surface area contributed by atoms with Crippen LogP contribution < -0.4 is 5.73 Å². The van der Waals surface area contributed by atoms with E-state index >= 15 is 0 Å². The van der Waals surface area contributed by atoms with Crippen LogP contribution in [0.5, 0.6) is 0 Å². The Morgan fingerprint density at radius 3 is 2.71 bits per heavy atom. The van der Waals surface area contributed by atoms with Crippen LogP contribution in [-0.4, -0.2) is 16.7 Å². The van der Waals surface area contributed by atoms with Gasteiger partial charge in [-0.3, -0.25) is 0 Å². The molecule has 0 spiro atoms. The quantitative estimate of drug-likeness (QED) is 0.841. The van der Waals surface area contributed by atoms with Gasteiger partial charge in [-0.15, -0.1) is 11.8 Å². The minimum absolute atomic E-state index is 0.688. The standard InChI is InChI=1S/C13H16N2S2/c1-2-16-11-5-3-10(4-6-11)13-9-12(7-8-14)17-15-13/h3-6,9H,2,7-8,14H2,1H3. The first kappa shape index (κ1) is 12.6. The van der Waals surface area contributed by atoms with Crippen molar-refractivity contribution in [2.45, 2.75) is 18.2 Å². The molecule has 0 saturated carbocycles. The van der Waals surface area contributed by atoms with Gasteiger partial charge < -0.3 is 5.73 Å². The van der Waals surface area contributed by atoms with Crippen molar-refractivity contribution in [2.75, 3.05) is 12.3 Å². The van der Waals surface area contributed by atoms with Crippen molar-refractivity contribution in [2.24, 2.45) is 5.73 Å². The fraction of sp³-hybridized carbons (Fsp3) is 0.308. The molecule has 0 radical (unpaired) electrons. The topological polar surface area (TPSA) is 38.9 Å². The molecular formula is C13H16N2S2. The molecule has 0 fully saturated rings. The number of nitrogens with zero attached hydrogens (tertiary/aromatic N) is 1. The molecule has 17 heavy (non-hydrogen) atoms. The number of hydrogen-bond donors (Lipinski definition) is 1. The number of nitrogens with two attached hydrogens (primary N) is 1. The SMILES string of the molecule is CCSc1ccc(-c2cc(CCN)sn2)cc1. The smallest absolute Gasteiger partial charge is 0.0843 e. The maximum Gasteiger partial charge on any atom is 0.0843 e. The predicted molar refractivity (Wildman–Crippen MR) is 76.7 cm³/mol. The molecule has 0 aliphatic carbocycles. The zero-order chi connectivity index (χ0) is 12.1. The molecule has 1 heterocycles. The van der Waals surface area contributed by atoms with Crippen LogP contribution in [0.1, 0.15) is 11.8 Å². The van der Waals surface area contributed by atoms with E-state index < -0.39 is 0 Å². The second-order valence-electron chi connectivity index (χ2n) is 3.67. The Kier molecular flexibility index (Phi) is 4.59. The van der Waals surface area contributed by atoms with Gasteiger partial charge in [-0.2, -0.15) is 4.37 Å². The van der Waals surface area contributed by atoms with Gasteiger partial charge in [0.05, 0.1) is 5.69 Å². The summed E-state index contributed by atoms with van der Waals surface area (Å²) < 4.78 is 4.46. The summed E-state index contributed by atoms with van der Waals surface area (Å²) in [5.41, 5.74) is 7.78. The zero-order valence-electron chi connectivity index (χ0n) is 9.85. The van der Waals surface area contributed by atoms with E-state index in [1.807, 2.05) is 11.8 Å². The molecule has 1 aromatic heterocycles. The first-order chi connectivity index (χ1) is 8.33. The molecule has 2 rings (SSSR count).